The third-order valence-electron chi connectivity index (χ3n) is 3.43. The van der Waals surface area contributed by atoms with Crippen LogP contribution in [0.25, 0.3) is 0 Å². The topological polar surface area (TPSA) is 33.2 Å². The third kappa shape index (κ3) is 3.94. The summed E-state index contributed by atoms with van der Waals surface area (Å²) in [7, 11) is 0. The molecule has 1 fully saturated rings. The third-order valence-corrected chi connectivity index (χ3v) is 3.90. The Kier molecular flexibility index (Phi) is 4.67. The fourth-order valence-corrected chi connectivity index (χ4v) is 2.47. The number of hydrogen-bond donors (Lipinski definition) is 0. The van der Waals surface area contributed by atoms with Crippen LogP contribution < -0.4 is 0 Å². The Morgan fingerprint density at radius 1 is 1.35 bits per heavy atom. The van der Waals surface area contributed by atoms with Gasteiger partial charge in [0, 0.05) is 29.5 Å². The zero-order valence-electron chi connectivity index (χ0n) is 10.7. The molecule has 0 saturated carbocycles. The summed E-state index contributed by atoms with van der Waals surface area (Å²) in [4.78, 5) is 17.6. The van der Waals surface area contributed by atoms with Crippen molar-refractivity contribution < 1.29 is 18.0 Å². The molecular weight excluding hydrogens is 337 g/mol. The molecule has 0 N–H and O–H groups in total. The predicted molar refractivity (Wildman–Crippen MR) is 71.0 cm³/mol. The number of pyridine rings is 1. The monoisotopic (exact) mass is 350 g/mol. The first-order valence-corrected chi connectivity index (χ1v) is 7.10. The molecule has 1 saturated heterocycles. The van der Waals surface area contributed by atoms with E-state index in [9.17, 15) is 18.0 Å². The van der Waals surface area contributed by atoms with Gasteiger partial charge in [0.05, 0.1) is 12.3 Å². The summed E-state index contributed by atoms with van der Waals surface area (Å²) in [6.07, 6.45) is -2.45. The second-order valence-corrected chi connectivity index (χ2v) is 5.76. The van der Waals surface area contributed by atoms with Gasteiger partial charge < -0.3 is 4.90 Å². The number of alkyl halides is 3. The molecular formula is C13H14BrF3N2O. The summed E-state index contributed by atoms with van der Waals surface area (Å²) in [5.74, 6) is -1.45. The molecule has 1 aliphatic heterocycles. The van der Waals surface area contributed by atoms with Crippen LogP contribution in [0.4, 0.5) is 13.2 Å². The first-order valence-electron chi connectivity index (χ1n) is 6.31. The van der Waals surface area contributed by atoms with Crippen molar-refractivity contribution in [1.29, 1.82) is 0 Å². The first-order chi connectivity index (χ1) is 9.36. The number of carbonyl (C=O) groups excluding carboxylic acids is 1. The van der Waals surface area contributed by atoms with Crippen molar-refractivity contribution >= 4 is 21.8 Å². The summed E-state index contributed by atoms with van der Waals surface area (Å²) < 4.78 is 38.4. The van der Waals surface area contributed by atoms with E-state index >= 15 is 0 Å². The first kappa shape index (κ1) is 15.3. The van der Waals surface area contributed by atoms with E-state index in [0.717, 1.165) is 4.47 Å². The van der Waals surface area contributed by atoms with Crippen LogP contribution in [0, 0.1) is 5.92 Å². The maximum Gasteiger partial charge on any atom is 0.391 e. The van der Waals surface area contributed by atoms with Gasteiger partial charge in [-0.3, -0.25) is 9.78 Å². The van der Waals surface area contributed by atoms with E-state index in [2.05, 4.69) is 20.9 Å². The van der Waals surface area contributed by atoms with Gasteiger partial charge in [0.25, 0.3) is 0 Å². The normalized spacial score (nSPS) is 17.3. The zero-order chi connectivity index (χ0) is 14.8. The highest BCUT2D eigenvalue weighted by molar-refractivity contribution is 9.10. The van der Waals surface area contributed by atoms with Crippen LogP contribution in [0.15, 0.2) is 22.8 Å². The van der Waals surface area contributed by atoms with Crippen LogP contribution in [0.1, 0.15) is 18.5 Å². The van der Waals surface area contributed by atoms with Crippen molar-refractivity contribution in [3.05, 3.63) is 28.5 Å². The minimum absolute atomic E-state index is 0.0109. The standard InChI is InChI=1S/C13H14BrF3N2O/c14-10-1-2-11(18-8-10)7-12(20)19-5-3-9(4-6-19)13(15,16)17/h1-2,8-9H,3-7H2. The van der Waals surface area contributed by atoms with Gasteiger partial charge in [-0.25, -0.2) is 0 Å². The Bertz CT molecular complexity index is 467. The van der Waals surface area contributed by atoms with Gasteiger partial charge in [-0.2, -0.15) is 13.2 Å². The minimum atomic E-state index is -4.15. The van der Waals surface area contributed by atoms with Gasteiger partial charge in [-0.05, 0) is 40.9 Å². The highest BCUT2D eigenvalue weighted by atomic mass is 79.9. The average Bonchev–Trinajstić information content (AvgIpc) is 2.40. The van der Waals surface area contributed by atoms with Crippen molar-refractivity contribution in [2.24, 2.45) is 5.92 Å². The van der Waals surface area contributed by atoms with Crippen LogP contribution in [0.2, 0.25) is 0 Å². The van der Waals surface area contributed by atoms with Crippen molar-refractivity contribution in [3.63, 3.8) is 0 Å². The Morgan fingerprint density at radius 2 is 2.00 bits per heavy atom. The molecule has 1 amide bonds. The number of halogens is 4. The SMILES string of the molecule is O=C(Cc1ccc(Br)cn1)N1CCC(C(F)(F)F)CC1. The van der Waals surface area contributed by atoms with Gasteiger partial charge in [-0.15, -0.1) is 0 Å². The van der Waals surface area contributed by atoms with E-state index in [-0.39, 0.29) is 38.3 Å². The van der Waals surface area contributed by atoms with E-state index in [0.29, 0.717) is 5.69 Å². The van der Waals surface area contributed by atoms with Crippen LogP contribution in [-0.2, 0) is 11.2 Å². The lowest BCUT2D eigenvalue weighted by Gasteiger charge is -2.32. The number of amides is 1. The van der Waals surface area contributed by atoms with Crippen molar-refractivity contribution in [3.8, 4) is 0 Å². The second-order valence-electron chi connectivity index (χ2n) is 4.84. The summed E-state index contributed by atoms with van der Waals surface area (Å²) in [6, 6.07) is 3.51. The summed E-state index contributed by atoms with van der Waals surface area (Å²) >= 11 is 3.25. The molecule has 0 aliphatic carbocycles. The lowest BCUT2D eigenvalue weighted by molar-refractivity contribution is -0.186. The molecule has 0 radical (unpaired) electrons. The largest absolute Gasteiger partial charge is 0.391 e. The maximum atomic E-state index is 12.5. The molecule has 0 atom stereocenters. The van der Waals surface area contributed by atoms with E-state index in [1.165, 1.54) is 4.90 Å². The molecule has 20 heavy (non-hydrogen) atoms. The van der Waals surface area contributed by atoms with Gasteiger partial charge in [0.1, 0.15) is 0 Å². The molecule has 0 bridgehead atoms. The fourth-order valence-electron chi connectivity index (χ4n) is 2.23. The number of carbonyl (C=O) groups is 1. The van der Waals surface area contributed by atoms with Crippen molar-refractivity contribution in [2.45, 2.75) is 25.4 Å². The number of aromatic nitrogens is 1. The zero-order valence-corrected chi connectivity index (χ0v) is 12.2. The van der Waals surface area contributed by atoms with E-state index in [1.807, 2.05) is 0 Å². The molecule has 0 unspecified atom stereocenters. The number of rotatable bonds is 2. The highest BCUT2D eigenvalue weighted by Crippen LogP contribution is 2.34. The molecule has 2 rings (SSSR count). The van der Waals surface area contributed by atoms with Crippen LogP contribution in [0.5, 0.6) is 0 Å². The number of hydrogen-bond acceptors (Lipinski definition) is 2. The lowest BCUT2D eigenvalue weighted by atomic mass is 9.96. The Labute approximate surface area is 123 Å². The Balaban J connectivity index is 1.87. The molecule has 1 aromatic heterocycles. The second kappa shape index (κ2) is 6.11. The molecule has 0 aromatic carbocycles. The molecule has 2 heterocycles. The predicted octanol–water partition coefficient (Wildman–Crippen LogP) is 3.19. The Hall–Kier alpha value is -1.11. The fraction of sp³-hybridized carbons (Fsp3) is 0.538. The van der Waals surface area contributed by atoms with E-state index in [1.54, 1.807) is 18.3 Å². The van der Waals surface area contributed by atoms with Crippen LogP contribution in [0.3, 0.4) is 0 Å². The number of likely N-dealkylation sites (tertiary alicyclic amines) is 1. The lowest BCUT2D eigenvalue weighted by Crippen LogP contribution is -2.42. The number of piperidine rings is 1. The van der Waals surface area contributed by atoms with Crippen LogP contribution >= 0.6 is 15.9 Å². The molecule has 3 nitrogen and oxygen atoms in total. The quantitative estimate of drug-likeness (QED) is 0.820. The van der Waals surface area contributed by atoms with Gasteiger partial charge in [0.2, 0.25) is 5.91 Å². The Morgan fingerprint density at radius 3 is 2.50 bits per heavy atom. The number of nitrogens with zero attached hydrogens (tertiary/aromatic N) is 2. The molecule has 1 aromatic rings. The van der Waals surface area contributed by atoms with Crippen LogP contribution in [-0.4, -0.2) is 35.1 Å². The van der Waals surface area contributed by atoms with Crippen molar-refractivity contribution in [2.75, 3.05) is 13.1 Å². The van der Waals surface area contributed by atoms with Gasteiger partial charge >= 0.3 is 6.18 Å². The van der Waals surface area contributed by atoms with E-state index in [4.69, 9.17) is 0 Å². The average molecular weight is 351 g/mol. The highest BCUT2D eigenvalue weighted by Gasteiger charge is 2.41. The molecule has 7 heteroatoms. The summed E-state index contributed by atoms with van der Waals surface area (Å²) in [6.45, 7) is 0.332. The molecule has 1 aliphatic rings. The molecule has 110 valence electrons. The maximum absolute atomic E-state index is 12.5. The summed E-state index contributed by atoms with van der Waals surface area (Å²) in [5, 5.41) is 0. The smallest absolute Gasteiger partial charge is 0.342 e. The minimum Gasteiger partial charge on any atom is -0.342 e. The summed E-state index contributed by atoms with van der Waals surface area (Å²) in [5.41, 5.74) is 0.621. The van der Waals surface area contributed by atoms with E-state index < -0.39 is 12.1 Å². The molecule has 0 spiro atoms. The van der Waals surface area contributed by atoms with Crippen molar-refractivity contribution in [1.82, 2.24) is 9.88 Å². The van der Waals surface area contributed by atoms with Gasteiger partial charge in [0.15, 0.2) is 0 Å². The van der Waals surface area contributed by atoms with Gasteiger partial charge in [-0.1, -0.05) is 0 Å².